The van der Waals surface area contributed by atoms with Gasteiger partial charge in [-0.05, 0) is 31.0 Å². The smallest absolute Gasteiger partial charge is 0.203 e. The second kappa shape index (κ2) is 8.24. The van der Waals surface area contributed by atoms with Crippen LogP contribution in [0.15, 0.2) is 12.1 Å². The van der Waals surface area contributed by atoms with E-state index in [1.165, 1.54) is 19.3 Å². The molecule has 0 aliphatic heterocycles. The van der Waals surface area contributed by atoms with Crippen LogP contribution in [-0.2, 0) is 0 Å². The van der Waals surface area contributed by atoms with Crippen LogP contribution in [0.3, 0.4) is 0 Å². The van der Waals surface area contributed by atoms with Crippen LogP contribution >= 0.6 is 12.2 Å². The first kappa shape index (κ1) is 17.7. The third kappa shape index (κ3) is 4.41. The van der Waals surface area contributed by atoms with Crippen molar-refractivity contribution < 1.29 is 14.2 Å². The predicted molar refractivity (Wildman–Crippen MR) is 96.9 cm³/mol. The maximum Gasteiger partial charge on any atom is 0.203 e. The fourth-order valence-electron chi connectivity index (χ4n) is 3.02. The Bertz CT molecular complexity index is 526. The van der Waals surface area contributed by atoms with E-state index < -0.39 is 0 Å². The molecule has 23 heavy (non-hydrogen) atoms. The van der Waals surface area contributed by atoms with Crippen LogP contribution in [0.2, 0.25) is 0 Å². The molecule has 0 radical (unpaired) electrons. The van der Waals surface area contributed by atoms with Crippen molar-refractivity contribution in [1.82, 2.24) is 5.32 Å². The molecule has 128 valence electrons. The largest absolute Gasteiger partial charge is 0.493 e. The zero-order valence-electron chi connectivity index (χ0n) is 14.3. The second-order valence-corrected chi connectivity index (χ2v) is 6.29. The lowest BCUT2D eigenvalue weighted by molar-refractivity contribution is 0.309. The molecule has 2 N–H and O–H groups in total. The number of hydrogen-bond donors (Lipinski definition) is 2. The number of ether oxygens (including phenoxy) is 3. The minimum atomic E-state index is 0.436. The summed E-state index contributed by atoms with van der Waals surface area (Å²) in [6, 6.07) is 4.13. The van der Waals surface area contributed by atoms with Crippen molar-refractivity contribution in [2.45, 2.75) is 38.6 Å². The van der Waals surface area contributed by atoms with Crippen molar-refractivity contribution in [1.29, 1.82) is 0 Å². The molecule has 1 saturated carbocycles. The summed E-state index contributed by atoms with van der Waals surface area (Å²) in [6.07, 6.45) is 4.99. The van der Waals surface area contributed by atoms with Gasteiger partial charge in [-0.1, -0.05) is 19.8 Å². The number of hydrogen-bond acceptors (Lipinski definition) is 4. The Balaban J connectivity index is 2.08. The van der Waals surface area contributed by atoms with E-state index in [2.05, 4.69) is 17.6 Å². The Labute approximate surface area is 143 Å². The Morgan fingerprint density at radius 2 is 1.65 bits per heavy atom. The normalized spacial score (nSPS) is 20.5. The molecule has 1 aliphatic carbocycles. The lowest BCUT2D eigenvalue weighted by Crippen LogP contribution is -2.43. The summed E-state index contributed by atoms with van der Waals surface area (Å²) in [6.45, 7) is 2.28. The summed E-state index contributed by atoms with van der Waals surface area (Å²) in [5, 5.41) is 7.27. The number of thiocarbonyl (C=S) groups is 1. The van der Waals surface area contributed by atoms with Gasteiger partial charge in [0.15, 0.2) is 16.6 Å². The van der Waals surface area contributed by atoms with Crippen LogP contribution < -0.4 is 24.8 Å². The summed E-state index contributed by atoms with van der Waals surface area (Å²) in [5.74, 6) is 2.41. The van der Waals surface area contributed by atoms with Crippen molar-refractivity contribution in [3.63, 3.8) is 0 Å². The van der Waals surface area contributed by atoms with Gasteiger partial charge in [0, 0.05) is 23.9 Å². The molecule has 1 aromatic rings. The highest BCUT2D eigenvalue weighted by Gasteiger charge is 2.22. The molecule has 1 aromatic carbocycles. The van der Waals surface area contributed by atoms with Gasteiger partial charge in [0.1, 0.15) is 0 Å². The van der Waals surface area contributed by atoms with E-state index >= 15 is 0 Å². The first-order valence-corrected chi connectivity index (χ1v) is 8.37. The monoisotopic (exact) mass is 338 g/mol. The summed E-state index contributed by atoms with van der Waals surface area (Å²) < 4.78 is 16.0. The van der Waals surface area contributed by atoms with Crippen LogP contribution in [0.4, 0.5) is 5.69 Å². The number of anilines is 1. The van der Waals surface area contributed by atoms with Gasteiger partial charge in [-0.25, -0.2) is 0 Å². The number of rotatable bonds is 5. The number of methoxy groups -OCH3 is 3. The average Bonchev–Trinajstić information content (AvgIpc) is 2.55. The molecule has 1 aliphatic rings. The number of nitrogens with one attached hydrogen (secondary N) is 2. The zero-order chi connectivity index (χ0) is 16.8. The fourth-order valence-corrected chi connectivity index (χ4v) is 3.29. The van der Waals surface area contributed by atoms with Gasteiger partial charge in [-0.2, -0.15) is 0 Å². The summed E-state index contributed by atoms with van der Waals surface area (Å²) in [7, 11) is 4.78. The van der Waals surface area contributed by atoms with Crippen LogP contribution in [0, 0.1) is 5.92 Å². The first-order valence-electron chi connectivity index (χ1n) is 7.96. The van der Waals surface area contributed by atoms with E-state index in [9.17, 15) is 0 Å². The van der Waals surface area contributed by atoms with E-state index in [0.717, 1.165) is 12.1 Å². The predicted octanol–water partition coefficient (Wildman–Crippen LogP) is 3.58. The maximum atomic E-state index is 5.45. The van der Waals surface area contributed by atoms with Gasteiger partial charge < -0.3 is 24.8 Å². The van der Waals surface area contributed by atoms with Crippen molar-refractivity contribution in [3.05, 3.63) is 12.1 Å². The van der Waals surface area contributed by atoms with Crippen molar-refractivity contribution in [2.75, 3.05) is 26.6 Å². The van der Waals surface area contributed by atoms with Gasteiger partial charge in [0.05, 0.1) is 21.3 Å². The lowest BCUT2D eigenvalue weighted by Gasteiger charge is -2.30. The summed E-state index contributed by atoms with van der Waals surface area (Å²) in [5.41, 5.74) is 0.806. The highest BCUT2D eigenvalue weighted by Crippen LogP contribution is 2.39. The van der Waals surface area contributed by atoms with E-state index in [4.69, 9.17) is 26.4 Å². The average molecular weight is 338 g/mol. The Morgan fingerprint density at radius 3 is 2.17 bits per heavy atom. The third-order valence-electron chi connectivity index (χ3n) is 4.35. The Morgan fingerprint density at radius 1 is 1.04 bits per heavy atom. The van der Waals surface area contributed by atoms with Crippen LogP contribution in [0.25, 0.3) is 0 Å². The maximum absolute atomic E-state index is 5.45. The van der Waals surface area contributed by atoms with Crippen LogP contribution in [0.1, 0.15) is 32.6 Å². The van der Waals surface area contributed by atoms with E-state index in [0.29, 0.717) is 34.3 Å². The lowest BCUT2D eigenvalue weighted by atomic mass is 9.86. The highest BCUT2D eigenvalue weighted by molar-refractivity contribution is 7.80. The standard InChI is InChI=1S/C17H26N2O3S/c1-11-7-5-6-8-13(11)19-17(23)18-12-9-14(20-2)16(22-4)15(10-12)21-3/h9-11,13H,5-8H2,1-4H3,(H2,18,19,23)/t11-,13-/m0/s1. The Hall–Kier alpha value is -1.69. The molecule has 1 fully saturated rings. The molecule has 5 nitrogen and oxygen atoms in total. The quantitative estimate of drug-likeness (QED) is 0.801. The molecule has 0 amide bonds. The molecule has 2 atom stereocenters. The van der Waals surface area contributed by atoms with Crippen molar-refractivity contribution >= 4 is 23.0 Å². The van der Waals surface area contributed by atoms with Gasteiger partial charge >= 0.3 is 0 Å². The first-order chi connectivity index (χ1) is 11.1. The fraction of sp³-hybridized carbons (Fsp3) is 0.588. The third-order valence-corrected chi connectivity index (χ3v) is 4.57. The number of benzene rings is 1. The molecule has 0 unspecified atom stereocenters. The molecular formula is C17H26N2O3S. The van der Waals surface area contributed by atoms with Crippen LogP contribution in [0.5, 0.6) is 17.2 Å². The summed E-state index contributed by atoms with van der Waals surface area (Å²) in [4.78, 5) is 0. The van der Waals surface area contributed by atoms with Gasteiger partial charge in [-0.3, -0.25) is 0 Å². The molecule has 0 bridgehead atoms. The molecule has 0 aromatic heterocycles. The van der Waals surface area contributed by atoms with E-state index in [-0.39, 0.29) is 0 Å². The molecule has 6 heteroatoms. The molecule has 0 saturated heterocycles. The molecule has 2 rings (SSSR count). The molecule has 0 heterocycles. The summed E-state index contributed by atoms with van der Waals surface area (Å²) >= 11 is 5.45. The van der Waals surface area contributed by atoms with E-state index in [1.807, 2.05) is 12.1 Å². The van der Waals surface area contributed by atoms with Gasteiger partial charge in [-0.15, -0.1) is 0 Å². The second-order valence-electron chi connectivity index (χ2n) is 5.88. The minimum Gasteiger partial charge on any atom is -0.493 e. The Kier molecular flexibility index (Phi) is 6.33. The van der Waals surface area contributed by atoms with Gasteiger partial charge in [0.2, 0.25) is 5.75 Å². The molecule has 0 spiro atoms. The molecular weight excluding hydrogens is 312 g/mol. The minimum absolute atomic E-state index is 0.436. The SMILES string of the molecule is COc1cc(NC(=S)N[C@H]2CCCC[C@@H]2C)cc(OC)c1OC. The zero-order valence-corrected chi connectivity index (χ0v) is 15.1. The topological polar surface area (TPSA) is 51.8 Å². The highest BCUT2D eigenvalue weighted by atomic mass is 32.1. The van der Waals surface area contributed by atoms with Gasteiger partial charge in [0.25, 0.3) is 0 Å². The van der Waals surface area contributed by atoms with Crippen LogP contribution in [-0.4, -0.2) is 32.5 Å². The van der Waals surface area contributed by atoms with Crippen molar-refractivity contribution in [2.24, 2.45) is 5.92 Å². The van der Waals surface area contributed by atoms with E-state index in [1.54, 1.807) is 21.3 Å². The van der Waals surface area contributed by atoms with Crippen molar-refractivity contribution in [3.8, 4) is 17.2 Å².